The van der Waals surface area contributed by atoms with Gasteiger partial charge >= 0.3 is 0 Å². The van der Waals surface area contributed by atoms with Crippen LogP contribution in [0.25, 0.3) is 11.3 Å². The average molecular weight is 499 g/mol. The predicted molar refractivity (Wildman–Crippen MR) is 148 cm³/mol. The van der Waals surface area contributed by atoms with E-state index in [1.165, 1.54) is 12.8 Å². The summed E-state index contributed by atoms with van der Waals surface area (Å²) in [5.74, 6) is 1.88. The van der Waals surface area contributed by atoms with Crippen LogP contribution in [0.5, 0.6) is 11.5 Å². The van der Waals surface area contributed by atoms with Crippen molar-refractivity contribution in [2.24, 2.45) is 0 Å². The van der Waals surface area contributed by atoms with Crippen LogP contribution in [0.2, 0.25) is 0 Å². The van der Waals surface area contributed by atoms with Crippen molar-refractivity contribution in [2.45, 2.75) is 25.7 Å². The maximum atomic E-state index is 8.73. The molecule has 1 aromatic heterocycles. The van der Waals surface area contributed by atoms with Gasteiger partial charge in [0, 0.05) is 37.1 Å². The van der Waals surface area contributed by atoms with Crippen molar-refractivity contribution in [1.29, 1.82) is 5.41 Å². The second-order valence-corrected chi connectivity index (χ2v) is 9.30. The molecule has 2 aliphatic rings. The summed E-state index contributed by atoms with van der Waals surface area (Å²) in [6, 6.07) is 15.8. The summed E-state index contributed by atoms with van der Waals surface area (Å²) in [5, 5.41) is 15.4. The summed E-state index contributed by atoms with van der Waals surface area (Å²) in [7, 11) is 3.53. The lowest BCUT2D eigenvalue weighted by Gasteiger charge is -2.23. The van der Waals surface area contributed by atoms with Gasteiger partial charge in [-0.05, 0) is 62.0 Å². The summed E-state index contributed by atoms with van der Waals surface area (Å²) in [5.41, 5.74) is 5.86. The highest BCUT2D eigenvalue weighted by atomic mass is 16.5. The number of hydrogen-bond acceptors (Lipinski definition) is 8. The normalized spacial score (nSPS) is 16.8. The van der Waals surface area contributed by atoms with Crippen LogP contribution < -0.4 is 20.1 Å². The number of nitrogens with zero attached hydrogens (tertiary/aromatic N) is 3. The van der Waals surface area contributed by atoms with E-state index in [9.17, 15) is 0 Å². The molecule has 8 nitrogen and oxygen atoms in total. The van der Waals surface area contributed by atoms with Crippen molar-refractivity contribution >= 4 is 28.6 Å². The molecule has 3 N–H and O–H groups in total. The highest BCUT2D eigenvalue weighted by molar-refractivity contribution is 6.29. The van der Waals surface area contributed by atoms with E-state index in [-0.39, 0.29) is 0 Å². The van der Waals surface area contributed by atoms with Crippen LogP contribution >= 0.6 is 0 Å². The lowest BCUT2D eigenvalue weighted by atomic mass is 9.87. The minimum Gasteiger partial charge on any atom is -0.494 e. The third-order valence-corrected chi connectivity index (χ3v) is 6.90. The Labute approximate surface area is 218 Å². The molecule has 192 valence electrons. The highest BCUT2D eigenvalue weighted by Gasteiger charge is 2.25. The SMILES string of the molecule is CN/C(=C1\C(=N)CCc2cnc(Nc3ccc(OCCN4CCCC4)cc3OC)nc21)c1ccccc1. The summed E-state index contributed by atoms with van der Waals surface area (Å²) in [6.07, 6.45) is 5.82. The van der Waals surface area contributed by atoms with Gasteiger partial charge in [0.2, 0.25) is 5.95 Å². The molecule has 1 aliphatic heterocycles. The van der Waals surface area contributed by atoms with Crippen molar-refractivity contribution in [3.05, 3.63) is 71.5 Å². The lowest BCUT2D eigenvalue weighted by molar-refractivity contribution is 0.237. The first-order chi connectivity index (χ1) is 18.2. The number of rotatable bonds is 9. The van der Waals surface area contributed by atoms with Crippen LogP contribution in [0, 0.1) is 5.41 Å². The van der Waals surface area contributed by atoms with E-state index in [1.54, 1.807) is 7.11 Å². The molecule has 37 heavy (non-hydrogen) atoms. The Hall–Kier alpha value is -3.91. The first kappa shape index (κ1) is 24.8. The second-order valence-electron chi connectivity index (χ2n) is 9.30. The number of benzene rings is 2. The zero-order valence-electron chi connectivity index (χ0n) is 21.5. The fourth-order valence-corrected chi connectivity index (χ4v) is 4.97. The van der Waals surface area contributed by atoms with Crippen LogP contribution in [-0.4, -0.2) is 61.0 Å². The largest absolute Gasteiger partial charge is 0.494 e. The number of ether oxygens (including phenoxy) is 2. The summed E-state index contributed by atoms with van der Waals surface area (Å²) in [4.78, 5) is 11.9. The Morgan fingerprint density at radius 2 is 1.89 bits per heavy atom. The predicted octanol–water partition coefficient (Wildman–Crippen LogP) is 4.76. The molecule has 5 rings (SSSR count). The van der Waals surface area contributed by atoms with Gasteiger partial charge < -0.3 is 25.5 Å². The number of allylic oxidation sites excluding steroid dienone is 1. The van der Waals surface area contributed by atoms with E-state index in [0.29, 0.717) is 30.4 Å². The number of aryl methyl sites for hydroxylation is 1. The van der Waals surface area contributed by atoms with E-state index in [0.717, 1.165) is 65.6 Å². The van der Waals surface area contributed by atoms with Crippen molar-refractivity contribution in [2.75, 3.05) is 45.7 Å². The van der Waals surface area contributed by atoms with Crippen LogP contribution in [0.3, 0.4) is 0 Å². The highest BCUT2D eigenvalue weighted by Crippen LogP contribution is 2.34. The van der Waals surface area contributed by atoms with Gasteiger partial charge in [-0.2, -0.15) is 0 Å². The Balaban J connectivity index is 1.39. The van der Waals surface area contributed by atoms with Gasteiger partial charge in [0.15, 0.2) is 0 Å². The van der Waals surface area contributed by atoms with Gasteiger partial charge in [0.25, 0.3) is 0 Å². The standard InChI is InChI=1S/C29H34N6O2/c1-31-27(20-8-4-3-5-9-20)26-23(30)12-10-21-19-32-29(34-28(21)26)33-24-13-11-22(18-25(24)36-2)37-17-16-35-14-6-7-15-35/h3-5,8-9,11,13,18-19,30-31H,6-7,10,12,14-17H2,1-2H3,(H,32,33,34)/b27-26+,30-23?. The summed E-state index contributed by atoms with van der Waals surface area (Å²) in [6.45, 7) is 3.91. The molecule has 0 radical (unpaired) electrons. The molecule has 8 heteroatoms. The molecule has 2 aromatic carbocycles. The molecule has 0 saturated carbocycles. The van der Waals surface area contributed by atoms with Gasteiger partial charge in [-0.25, -0.2) is 9.97 Å². The van der Waals surface area contributed by atoms with Gasteiger partial charge in [0.05, 0.1) is 24.2 Å². The Kier molecular flexibility index (Phi) is 7.65. The fourth-order valence-electron chi connectivity index (χ4n) is 4.97. The molecule has 0 spiro atoms. The number of nitrogens with one attached hydrogen (secondary N) is 3. The van der Waals surface area contributed by atoms with Gasteiger partial charge in [-0.15, -0.1) is 0 Å². The lowest BCUT2D eigenvalue weighted by Crippen LogP contribution is -2.25. The summed E-state index contributed by atoms with van der Waals surface area (Å²) >= 11 is 0. The maximum Gasteiger partial charge on any atom is 0.227 e. The van der Waals surface area contributed by atoms with Crippen LogP contribution in [0.1, 0.15) is 36.1 Å². The molecule has 0 atom stereocenters. The third-order valence-electron chi connectivity index (χ3n) is 6.90. The zero-order chi connectivity index (χ0) is 25.6. The minimum atomic E-state index is 0.454. The average Bonchev–Trinajstić information content (AvgIpc) is 3.45. The molecule has 0 bridgehead atoms. The van der Waals surface area contributed by atoms with E-state index >= 15 is 0 Å². The van der Waals surface area contributed by atoms with E-state index < -0.39 is 0 Å². The molecule has 1 aliphatic carbocycles. The van der Waals surface area contributed by atoms with Crippen LogP contribution in [0.15, 0.2) is 54.7 Å². The summed E-state index contributed by atoms with van der Waals surface area (Å²) < 4.78 is 11.6. The van der Waals surface area contributed by atoms with Crippen molar-refractivity contribution in [1.82, 2.24) is 20.2 Å². The molecular formula is C29H34N6O2. The van der Waals surface area contributed by atoms with Crippen LogP contribution in [0.4, 0.5) is 11.6 Å². The number of hydrogen-bond donors (Lipinski definition) is 3. The topological polar surface area (TPSA) is 95.4 Å². The smallest absolute Gasteiger partial charge is 0.227 e. The van der Waals surface area contributed by atoms with Crippen LogP contribution in [-0.2, 0) is 6.42 Å². The Morgan fingerprint density at radius 3 is 2.65 bits per heavy atom. The molecule has 2 heterocycles. The maximum absolute atomic E-state index is 8.73. The van der Waals surface area contributed by atoms with Gasteiger partial charge in [0.1, 0.15) is 18.1 Å². The molecule has 1 saturated heterocycles. The van der Waals surface area contributed by atoms with Gasteiger partial charge in [-0.3, -0.25) is 4.90 Å². The number of anilines is 2. The van der Waals surface area contributed by atoms with Crippen molar-refractivity contribution < 1.29 is 9.47 Å². The monoisotopic (exact) mass is 498 g/mol. The molecule has 0 amide bonds. The Morgan fingerprint density at radius 1 is 1.08 bits per heavy atom. The van der Waals surface area contributed by atoms with E-state index in [1.807, 2.05) is 61.8 Å². The molecular weight excluding hydrogens is 464 g/mol. The van der Waals surface area contributed by atoms with E-state index in [4.69, 9.17) is 19.9 Å². The molecule has 3 aromatic rings. The number of aromatic nitrogens is 2. The van der Waals surface area contributed by atoms with Gasteiger partial charge in [-0.1, -0.05) is 30.3 Å². The fraction of sp³-hybridized carbons (Fsp3) is 0.345. The first-order valence-electron chi connectivity index (χ1n) is 12.9. The number of likely N-dealkylation sites (tertiary alicyclic amines) is 1. The number of methoxy groups -OCH3 is 1. The zero-order valence-corrected chi connectivity index (χ0v) is 21.5. The quantitative estimate of drug-likeness (QED) is 0.392. The Bertz CT molecular complexity index is 1280. The minimum absolute atomic E-state index is 0.454. The molecule has 1 fully saturated rings. The van der Waals surface area contributed by atoms with Crippen molar-refractivity contribution in [3.8, 4) is 11.5 Å². The molecule has 0 unspecified atom stereocenters. The van der Waals surface area contributed by atoms with E-state index in [2.05, 4.69) is 20.5 Å². The second kappa shape index (κ2) is 11.4. The first-order valence-corrected chi connectivity index (χ1v) is 12.9. The number of fused-ring (bicyclic) bond motifs is 1. The van der Waals surface area contributed by atoms with Crippen molar-refractivity contribution in [3.63, 3.8) is 0 Å². The third kappa shape index (κ3) is 5.59.